The van der Waals surface area contributed by atoms with Gasteiger partial charge in [-0.3, -0.25) is 8.37 Å². The Balaban J connectivity index is -0.0000000762. The van der Waals surface area contributed by atoms with Gasteiger partial charge in [-0.15, -0.1) is 0 Å². The average Bonchev–Trinajstić information content (AvgIpc) is 2.76. The monoisotopic (exact) mass is 902 g/mol. The van der Waals surface area contributed by atoms with Crippen molar-refractivity contribution in [3.05, 3.63) is 0 Å². The quantitative estimate of drug-likeness (QED) is 0.0778. The Hall–Kier alpha value is -1.24. The van der Waals surface area contributed by atoms with E-state index in [4.69, 9.17) is 0 Å². The summed E-state index contributed by atoms with van der Waals surface area (Å²) >= 11 is 0. The summed E-state index contributed by atoms with van der Waals surface area (Å²) in [6.07, 6.45) is -11.8. The van der Waals surface area contributed by atoms with Crippen molar-refractivity contribution in [2.45, 2.75) is 74.7 Å². The highest BCUT2D eigenvalue weighted by atomic mass is 32.3. The maximum atomic E-state index is 12.7. The number of quaternary nitrogens is 4. The Morgan fingerprint density at radius 2 is 0.736 bits per heavy atom. The number of ether oxygens (including phenoxy) is 2. The zero-order chi connectivity index (χ0) is 36.4. The van der Waals surface area contributed by atoms with E-state index < -0.39 is 134 Å². The van der Waals surface area contributed by atoms with Crippen molar-refractivity contribution < 1.29 is 105 Å². The fourth-order valence-corrected chi connectivity index (χ4v) is 4.81. The molecule has 0 aromatic heterocycles. The summed E-state index contributed by atoms with van der Waals surface area (Å²) in [7, 11) is -19.8. The fraction of sp³-hybridized carbons (Fsp3) is 1.00. The Kier molecular flexibility index (Phi) is 40.7. The predicted molar refractivity (Wildman–Crippen MR) is 175 cm³/mol. The van der Waals surface area contributed by atoms with Gasteiger partial charge in [0, 0.05) is 22.3 Å². The topological polar surface area (TPSA) is 412 Å². The molecule has 0 bridgehead atoms. The standard InChI is InChI=1S/C9H15F5O8S2.C8H15F3O8S2.4CH4.4H3N/c1-7(2-3-23(15,16)17,5-22-24(18,19)20)4-21-6-8(10,11)9(12,13)14;1-7(2-3-20(12,13)14,5-19-21(15,16)17)4-18-6-8(9,10)11;;;;;;;;/h2-6H2,1H3,(H,15,16,17)(H,18,19,20);2-6H2,1H3,(H,12,13,14)(H,15,16,17);4*1H4;4*1H3. The second-order valence-electron chi connectivity index (χ2n) is 9.79. The van der Waals surface area contributed by atoms with Crippen molar-refractivity contribution in [2.24, 2.45) is 10.8 Å². The second kappa shape index (κ2) is 28.2. The molecule has 338 valence electrons. The maximum absolute atomic E-state index is 12.7. The molecule has 0 heterocycles. The molecule has 53 heavy (non-hydrogen) atoms. The first-order valence-corrected chi connectivity index (χ1v) is 17.1. The highest BCUT2D eigenvalue weighted by Crippen LogP contribution is 2.36. The molecule has 16 N–H and O–H groups in total. The van der Waals surface area contributed by atoms with Gasteiger partial charge < -0.3 is 52.3 Å². The molecular formula is C21H58F8N4O16S4. The minimum Gasteiger partial charge on any atom is -0.748 e. The van der Waals surface area contributed by atoms with Crippen LogP contribution in [0.25, 0.3) is 0 Å². The van der Waals surface area contributed by atoms with Gasteiger partial charge in [-0.1, -0.05) is 43.6 Å². The Labute approximate surface area is 306 Å². The summed E-state index contributed by atoms with van der Waals surface area (Å²) in [6.45, 7) is -5.44. The smallest absolute Gasteiger partial charge is 0.455 e. The van der Waals surface area contributed by atoms with Crippen LogP contribution in [0.1, 0.15) is 56.4 Å². The molecule has 0 saturated carbocycles. The molecule has 0 aromatic rings. The normalized spacial score (nSPS) is 14.2. The molecule has 0 aliphatic carbocycles. The van der Waals surface area contributed by atoms with Crippen molar-refractivity contribution in [3.63, 3.8) is 0 Å². The van der Waals surface area contributed by atoms with E-state index in [9.17, 15) is 87.0 Å². The van der Waals surface area contributed by atoms with Crippen molar-refractivity contribution in [2.75, 3.05) is 51.1 Å². The van der Waals surface area contributed by atoms with Crippen LogP contribution in [0.5, 0.6) is 0 Å². The van der Waals surface area contributed by atoms with Crippen LogP contribution in [0.2, 0.25) is 0 Å². The van der Waals surface area contributed by atoms with Crippen LogP contribution < -0.4 is 24.6 Å². The third-order valence-electron chi connectivity index (χ3n) is 4.88. The van der Waals surface area contributed by atoms with Gasteiger partial charge in [0.15, 0.2) is 0 Å². The molecular weight excluding hydrogens is 844 g/mol. The van der Waals surface area contributed by atoms with Gasteiger partial charge in [-0.25, -0.2) is 33.7 Å². The second-order valence-corrected chi connectivity index (χ2v) is 14.9. The molecule has 0 aliphatic rings. The van der Waals surface area contributed by atoms with Gasteiger partial charge >= 0.3 is 18.3 Å². The highest BCUT2D eigenvalue weighted by Gasteiger charge is 2.57. The van der Waals surface area contributed by atoms with E-state index in [1.54, 1.807) is 0 Å². The van der Waals surface area contributed by atoms with Crippen LogP contribution in [0.4, 0.5) is 35.1 Å². The Morgan fingerprint density at radius 3 is 0.943 bits per heavy atom. The minimum atomic E-state index is -5.89. The molecule has 0 fully saturated rings. The minimum absolute atomic E-state index is 0. The van der Waals surface area contributed by atoms with Crippen LogP contribution >= 0.6 is 0 Å². The van der Waals surface area contributed by atoms with Crippen molar-refractivity contribution >= 4 is 41.0 Å². The summed E-state index contributed by atoms with van der Waals surface area (Å²) in [5.41, 5.74) is -3.36. The van der Waals surface area contributed by atoms with Crippen LogP contribution in [0.3, 0.4) is 0 Å². The first-order valence-electron chi connectivity index (χ1n) is 11.2. The SMILES string of the molecule is C.C.C.C.CC(CCS(=O)(=O)[O-])(COCC(F)(F)C(F)(F)F)COS(=O)(=O)[O-].CC(CCS(=O)(=O)[O-])(COCC(F)(F)F)COS(=O)(=O)[O-].[NH4+].[NH4+].[NH4+].[NH4+]. The number of hydrogen-bond donors (Lipinski definition) is 4. The van der Waals surface area contributed by atoms with Gasteiger partial charge in [0.05, 0.1) is 46.7 Å². The zero-order valence-electron chi connectivity index (χ0n) is 26.8. The van der Waals surface area contributed by atoms with Gasteiger partial charge in [0.1, 0.15) is 13.2 Å². The van der Waals surface area contributed by atoms with Gasteiger partial charge in [0.25, 0.3) is 0 Å². The first kappa shape index (κ1) is 76.5. The molecule has 0 radical (unpaired) electrons. The van der Waals surface area contributed by atoms with E-state index in [0.717, 1.165) is 13.8 Å². The summed E-state index contributed by atoms with van der Waals surface area (Å²) in [4.78, 5) is 0. The van der Waals surface area contributed by atoms with Gasteiger partial charge in [0.2, 0.25) is 20.8 Å². The first-order chi connectivity index (χ1) is 19.5. The molecule has 0 saturated heterocycles. The number of halogens is 8. The summed E-state index contributed by atoms with van der Waals surface area (Å²) in [5, 5.41) is 0. The molecule has 32 heteroatoms. The molecule has 0 spiro atoms. The largest absolute Gasteiger partial charge is 0.748 e. The average molecular weight is 903 g/mol. The Morgan fingerprint density at radius 1 is 0.472 bits per heavy atom. The predicted octanol–water partition coefficient (Wildman–Crippen LogP) is 4.65. The van der Waals surface area contributed by atoms with Crippen molar-refractivity contribution in [1.82, 2.24) is 24.6 Å². The van der Waals surface area contributed by atoms with Gasteiger partial charge in [-0.2, -0.15) is 35.1 Å². The zero-order valence-corrected chi connectivity index (χ0v) is 30.0. The third-order valence-corrected chi connectivity index (χ3v) is 7.10. The Bertz CT molecular complexity index is 1300. The lowest BCUT2D eigenvalue weighted by Gasteiger charge is -2.30. The lowest BCUT2D eigenvalue weighted by Crippen LogP contribution is -2.42. The van der Waals surface area contributed by atoms with Gasteiger partial charge in [-0.05, 0) is 12.8 Å². The van der Waals surface area contributed by atoms with Crippen LogP contribution in [0, 0.1) is 10.8 Å². The van der Waals surface area contributed by atoms with Crippen molar-refractivity contribution in [3.8, 4) is 0 Å². The van der Waals surface area contributed by atoms with Crippen LogP contribution in [-0.2, 0) is 58.9 Å². The lowest BCUT2D eigenvalue weighted by molar-refractivity contribution is -0.298. The van der Waals surface area contributed by atoms with Crippen LogP contribution in [0.15, 0.2) is 0 Å². The summed E-state index contributed by atoms with van der Waals surface area (Å²) in [6, 6.07) is 0. The molecule has 0 aliphatic heterocycles. The number of alkyl halides is 8. The van der Waals surface area contributed by atoms with E-state index in [1.807, 2.05) is 0 Å². The summed E-state index contributed by atoms with van der Waals surface area (Å²) < 4.78 is 239. The van der Waals surface area contributed by atoms with E-state index in [0.29, 0.717) is 0 Å². The number of hydrogen-bond acceptors (Lipinski definition) is 16. The van der Waals surface area contributed by atoms with E-state index >= 15 is 0 Å². The molecule has 2 atom stereocenters. The maximum Gasteiger partial charge on any atom is 0.455 e. The molecule has 20 nitrogen and oxygen atoms in total. The van der Waals surface area contributed by atoms with E-state index in [2.05, 4.69) is 17.8 Å². The van der Waals surface area contributed by atoms with Crippen molar-refractivity contribution in [1.29, 1.82) is 0 Å². The molecule has 0 aromatic carbocycles. The third kappa shape index (κ3) is 45.0. The number of rotatable bonds is 19. The summed E-state index contributed by atoms with van der Waals surface area (Å²) in [5.74, 6) is -7.28. The molecule has 0 amide bonds. The van der Waals surface area contributed by atoms with Crippen LogP contribution in [-0.4, -0.2) is 121 Å². The molecule has 0 rings (SSSR count). The highest BCUT2D eigenvalue weighted by molar-refractivity contribution is 7.85. The molecule has 2 unspecified atom stereocenters. The van der Waals surface area contributed by atoms with E-state index in [1.165, 1.54) is 0 Å². The lowest BCUT2D eigenvalue weighted by atomic mass is 9.90. The van der Waals surface area contributed by atoms with E-state index in [-0.39, 0.29) is 54.3 Å². The fourth-order valence-electron chi connectivity index (χ4n) is 2.46.